The molecule has 3 aromatic carbocycles. The lowest BCUT2D eigenvalue weighted by atomic mass is 9.88. The molecule has 2 atom stereocenters. The molecular formula is C37H50ClN3O4. The van der Waals surface area contributed by atoms with Gasteiger partial charge in [-0.25, -0.2) is 0 Å². The van der Waals surface area contributed by atoms with Gasteiger partial charge in [0, 0.05) is 30.2 Å². The number of hydrogen-bond donors (Lipinski definition) is 3. The number of hydrazine groups is 1. The Kier molecular flexibility index (Phi) is 15.8. The average Bonchev–Trinajstić information content (AvgIpc) is 3.06. The summed E-state index contributed by atoms with van der Waals surface area (Å²) in [6.45, 7) is 12.9. The molecule has 1 aliphatic rings. The number of nitrogens with two attached hydrogens (primary N) is 1. The molecule has 244 valence electrons. The van der Waals surface area contributed by atoms with Crippen molar-refractivity contribution in [3.63, 3.8) is 0 Å². The minimum Gasteiger partial charge on any atom is -0.516 e. The van der Waals surface area contributed by atoms with E-state index in [1.54, 1.807) is 7.11 Å². The summed E-state index contributed by atoms with van der Waals surface area (Å²) in [4.78, 5) is 2.44. The van der Waals surface area contributed by atoms with Crippen LogP contribution in [0, 0.1) is 5.92 Å². The van der Waals surface area contributed by atoms with E-state index < -0.39 is 0 Å². The highest BCUT2D eigenvalue weighted by atomic mass is 35.5. The predicted molar refractivity (Wildman–Crippen MR) is 187 cm³/mol. The van der Waals surface area contributed by atoms with Crippen LogP contribution < -0.4 is 20.7 Å². The molecule has 1 aliphatic heterocycles. The smallest absolute Gasteiger partial charge is 0.119 e. The third kappa shape index (κ3) is 12.4. The van der Waals surface area contributed by atoms with Crippen LogP contribution in [0.3, 0.4) is 0 Å². The van der Waals surface area contributed by atoms with Crippen molar-refractivity contribution < 1.29 is 19.3 Å². The maximum atomic E-state index is 7.33. The molecule has 4 rings (SSSR count). The van der Waals surface area contributed by atoms with E-state index in [0.29, 0.717) is 17.5 Å². The summed E-state index contributed by atoms with van der Waals surface area (Å²) >= 11 is 6.45. The summed E-state index contributed by atoms with van der Waals surface area (Å²) < 4.78 is 16.8. The van der Waals surface area contributed by atoms with E-state index in [1.165, 1.54) is 16.7 Å². The fourth-order valence-corrected chi connectivity index (χ4v) is 5.62. The van der Waals surface area contributed by atoms with Gasteiger partial charge in [0.05, 0.1) is 38.9 Å². The first kappa shape index (κ1) is 36.0. The normalized spacial score (nSPS) is 14.9. The van der Waals surface area contributed by atoms with Crippen molar-refractivity contribution in [1.82, 2.24) is 4.90 Å². The Balaban J connectivity index is 0.00000177. The molecule has 2 unspecified atom stereocenters. The number of halogens is 1. The molecule has 3 aromatic rings. The molecule has 0 spiro atoms. The molecule has 1 saturated heterocycles. The Morgan fingerprint density at radius 1 is 1.07 bits per heavy atom. The van der Waals surface area contributed by atoms with Gasteiger partial charge in [0.2, 0.25) is 0 Å². The summed E-state index contributed by atoms with van der Waals surface area (Å²) in [6.07, 6.45) is 7.08. The molecule has 8 heteroatoms. The van der Waals surface area contributed by atoms with Crippen molar-refractivity contribution in [3.05, 3.63) is 107 Å². The second kappa shape index (κ2) is 19.8. The van der Waals surface area contributed by atoms with E-state index in [-0.39, 0.29) is 5.92 Å². The number of nitrogen functional groups attached to an aromatic ring is 1. The number of rotatable bonds is 15. The molecular weight excluding hydrogens is 586 g/mol. The van der Waals surface area contributed by atoms with Crippen LogP contribution in [-0.4, -0.2) is 56.6 Å². The summed E-state index contributed by atoms with van der Waals surface area (Å²) in [5.74, 6) is 8.43. The number of ether oxygens (including phenoxy) is 3. The standard InChI is InChI=1S/C35H46ClN3O3.C2H4O/c1-26(23-28-6-12-32(40-3)13-7-28)5-8-30(34-25-31(36)11-16-35(34)38-37)24-27(2)29-9-14-33(15-10-29)42-20-4-17-39-18-21-41-22-19-39;1-2-3/h6-7,9-16,24-27,38H,4-5,8,17-23,37H2,1-3H3;2-3H,1H2/b30-24+;. The maximum Gasteiger partial charge on any atom is 0.119 e. The van der Waals surface area contributed by atoms with E-state index in [2.05, 4.69) is 73.2 Å². The first-order valence-corrected chi connectivity index (χ1v) is 16.1. The minimum absolute atomic E-state index is 0.205. The van der Waals surface area contributed by atoms with Crippen molar-refractivity contribution in [1.29, 1.82) is 0 Å². The predicted octanol–water partition coefficient (Wildman–Crippen LogP) is 8.27. The van der Waals surface area contributed by atoms with Gasteiger partial charge in [-0.15, -0.1) is 0 Å². The summed E-state index contributed by atoms with van der Waals surface area (Å²) in [7, 11) is 1.70. The zero-order chi connectivity index (χ0) is 32.4. The highest BCUT2D eigenvalue weighted by molar-refractivity contribution is 6.30. The number of aliphatic hydroxyl groups is 1. The van der Waals surface area contributed by atoms with E-state index in [1.807, 2.05) is 30.3 Å². The van der Waals surface area contributed by atoms with E-state index in [0.717, 1.165) is 87.5 Å². The number of hydrogen-bond acceptors (Lipinski definition) is 7. The van der Waals surface area contributed by atoms with Crippen LogP contribution in [0.2, 0.25) is 5.02 Å². The van der Waals surface area contributed by atoms with E-state index >= 15 is 0 Å². The van der Waals surface area contributed by atoms with E-state index in [9.17, 15) is 0 Å². The van der Waals surface area contributed by atoms with Crippen molar-refractivity contribution >= 4 is 22.9 Å². The fraction of sp³-hybridized carbons (Fsp3) is 0.405. The van der Waals surface area contributed by atoms with Gasteiger partial charge in [0.1, 0.15) is 11.5 Å². The number of aliphatic hydroxyl groups excluding tert-OH is 1. The Hall–Kier alpha value is -3.49. The molecule has 1 fully saturated rings. The monoisotopic (exact) mass is 635 g/mol. The summed E-state index contributed by atoms with van der Waals surface area (Å²) in [5, 5.41) is 8.03. The SMILES string of the molecule is C=CO.COc1ccc(CC(C)CC/C(=C\C(C)c2ccc(OCCCN3CCOCC3)cc2)c2cc(Cl)ccc2NN)cc1. The largest absolute Gasteiger partial charge is 0.516 e. The number of allylic oxidation sites excluding steroid dienone is 2. The minimum atomic E-state index is 0.205. The highest BCUT2D eigenvalue weighted by Crippen LogP contribution is 2.34. The van der Waals surface area contributed by atoms with Crippen LogP contribution in [0.15, 0.2) is 85.6 Å². The molecule has 0 amide bonds. The molecule has 1 heterocycles. The van der Waals surface area contributed by atoms with Gasteiger partial charge in [-0.2, -0.15) is 0 Å². The van der Waals surface area contributed by atoms with Gasteiger partial charge in [-0.1, -0.05) is 62.4 Å². The fourth-order valence-electron chi connectivity index (χ4n) is 5.45. The summed E-state index contributed by atoms with van der Waals surface area (Å²) in [6, 6.07) is 22.7. The zero-order valence-electron chi connectivity index (χ0n) is 27.0. The topological polar surface area (TPSA) is 89.2 Å². The Morgan fingerprint density at radius 3 is 2.38 bits per heavy atom. The zero-order valence-corrected chi connectivity index (χ0v) is 27.8. The lowest BCUT2D eigenvalue weighted by Crippen LogP contribution is -2.37. The molecule has 0 radical (unpaired) electrons. The number of benzene rings is 3. The second-order valence-corrected chi connectivity index (χ2v) is 11.9. The lowest BCUT2D eigenvalue weighted by Gasteiger charge is -2.26. The molecule has 7 nitrogen and oxygen atoms in total. The second-order valence-electron chi connectivity index (χ2n) is 11.4. The van der Waals surface area contributed by atoms with Crippen molar-refractivity contribution in [2.75, 3.05) is 52.0 Å². The van der Waals surface area contributed by atoms with E-state index in [4.69, 9.17) is 36.8 Å². The number of methoxy groups -OCH3 is 1. The molecule has 4 N–H and O–H groups in total. The molecule has 45 heavy (non-hydrogen) atoms. The van der Waals surface area contributed by atoms with Gasteiger partial charge in [0.25, 0.3) is 0 Å². The first-order chi connectivity index (χ1) is 21.9. The molecule has 0 bridgehead atoms. The van der Waals surface area contributed by atoms with Crippen LogP contribution in [0.5, 0.6) is 11.5 Å². The third-order valence-electron chi connectivity index (χ3n) is 7.98. The molecule has 0 aromatic heterocycles. The van der Waals surface area contributed by atoms with Gasteiger partial charge in [0.15, 0.2) is 0 Å². The van der Waals surface area contributed by atoms with Crippen LogP contribution in [0.1, 0.15) is 55.7 Å². The van der Waals surface area contributed by atoms with Crippen molar-refractivity contribution in [3.8, 4) is 11.5 Å². The Morgan fingerprint density at radius 2 is 1.73 bits per heavy atom. The Bertz CT molecular complexity index is 1310. The van der Waals surface area contributed by atoms with Gasteiger partial charge in [-0.3, -0.25) is 10.7 Å². The number of anilines is 1. The quantitative estimate of drug-likeness (QED) is 0.0670. The van der Waals surface area contributed by atoms with Crippen LogP contribution in [0.25, 0.3) is 5.57 Å². The molecule has 0 saturated carbocycles. The van der Waals surface area contributed by atoms with Crippen LogP contribution in [0.4, 0.5) is 5.69 Å². The Labute approximate surface area is 274 Å². The molecule has 0 aliphatic carbocycles. The number of morpholine rings is 1. The highest BCUT2D eigenvalue weighted by Gasteiger charge is 2.14. The van der Waals surface area contributed by atoms with Gasteiger partial charge < -0.3 is 24.7 Å². The van der Waals surface area contributed by atoms with Gasteiger partial charge >= 0.3 is 0 Å². The van der Waals surface area contributed by atoms with Gasteiger partial charge in [-0.05, 0) is 96.7 Å². The average molecular weight is 636 g/mol. The van der Waals surface area contributed by atoms with Crippen LogP contribution >= 0.6 is 11.6 Å². The lowest BCUT2D eigenvalue weighted by molar-refractivity contribution is 0.0358. The van der Waals surface area contributed by atoms with Crippen molar-refractivity contribution in [2.24, 2.45) is 11.8 Å². The maximum absolute atomic E-state index is 7.33. The number of nitrogens with one attached hydrogen (secondary N) is 1. The number of nitrogens with zero attached hydrogens (tertiary/aromatic N) is 1. The summed E-state index contributed by atoms with van der Waals surface area (Å²) in [5.41, 5.74) is 8.59. The third-order valence-corrected chi connectivity index (χ3v) is 8.22. The first-order valence-electron chi connectivity index (χ1n) is 15.7. The van der Waals surface area contributed by atoms with Crippen molar-refractivity contribution in [2.45, 2.75) is 45.4 Å². The van der Waals surface area contributed by atoms with Crippen LogP contribution in [-0.2, 0) is 11.2 Å².